The summed E-state index contributed by atoms with van der Waals surface area (Å²) in [4.78, 5) is 22.9. The Morgan fingerprint density at radius 2 is 1.78 bits per heavy atom. The molecule has 0 aromatic carbocycles. The van der Waals surface area contributed by atoms with Crippen LogP contribution >= 0.6 is 0 Å². The van der Waals surface area contributed by atoms with Gasteiger partial charge in [0.1, 0.15) is 0 Å². The Morgan fingerprint density at radius 1 is 1.07 bits per heavy atom. The summed E-state index contributed by atoms with van der Waals surface area (Å²) in [5.74, 6) is 0.682. The van der Waals surface area contributed by atoms with Crippen LogP contribution < -0.4 is 0 Å². The van der Waals surface area contributed by atoms with Crippen LogP contribution in [0.15, 0.2) is 6.07 Å². The van der Waals surface area contributed by atoms with Gasteiger partial charge in [-0.1, -0.05) is 12.8 Å². The third kappa shape index (κ3) is 3.04. The van der Waals surface area contributed by atoms with E-state index in [1.54, 1.807) is 0 Å². The zero-order valence-corrected chi connectivity index (χ0v) is 16.4. The lowest BCUT2D eigenvalue weighted by Gasteiger charge is -2.38. The Balaban J connectivity index is 1.42. The SMILES string of the molecule is Cc1nn(C)c2nc(C3CC3)cc(C(=O)N3CCN(C4CCCC4)CC3)c12. The number of rotatable bonds is 3. The van der Waals surface area contributed by atoms with E-state index in [0.717, 1.165) is 60.2 Å². The van der Waals surface area contributed by atoms with Crippen LogP contribution in [0.1, 0.15) is 66.2 Å². The van der Waals surface area contributed by atoms with Crippen molar-refractivity contribution in [2.75, 3.05) is 26.2 Å². The number of carbonyl (C=O) groups excluding carboxylic acids is 1. The van der Waals surface area contributed by atoms with Gasteiger partial charge in [0.25, 0.3) is 5.91 Å². The molecule has 0 atom stereocenters. The monoisotopic (exact) mass is 367 g/mol. The average Bonchev–Trinajstić information content (AvgIpc) is 3.31. The number of carbonyl (C=O) groups is 1. The van der Waals surface area contributed by atoms with Gasteiger partial charge in [0, 0.05) is 50.9 Å². The number of pyridine rings is 1. The zero-order valence-electron chi connectivity index (χ0n) is 16.4. The summed E-state index contributed by atoms with van der Waals surface area (Å²) in [5.41, 5.74) is 3.63. The van der Waals surface area contributed by atoms with E-state index in [1.165, 1.54) is 38.5 Å². The zero-order chi connectivity index (χ0) is 18.5. The summed E-state index contributed by atoms with van der Waals surface area (Å²) in [6, 6.07) is 2.80. The molecule has 1 amide bonds. The quantitative estimate of drug-likeness (QED) is 0.837. The third-order valence-corrected chi connectivity index (χ3v) is 6.66. The number of aromatic nitrogens is 3. The molecule has 6 heteroatoms. The number of piperazine rings is 1. The van der Waals surface area contributed by atoms with Gasteiger partial charge in [-0.15, -0.1) is 0 Å². The van der Waals surface area contributed by atoms with Crippen LogP contribution in [0.5, 0.6) is 0 Å². The van der Waals surface area contributed by atoms with Crippen molar-refractivity contribution in [2.45, 2.75) is 57.4 Å². The van der Waals surface area contributed by atoms with Crippen LogP contribution in [0.4, 0.5) is 0 Å². The Bertz CT molecular complexity index is 870. The first-order valence-corrected chi connectivity index (χ1v) is 10.5. The minimum atomic E-state index is 0.159. The summed E-state index contributed by atoms with van der Waals surface area (Å²) >= 11 is 0. The highest BCUT2D eigenvalue weighted by Crippen LogP contribution is 2.40. The average molecular weight is 367 g/mol. The molecule has 2 aromatic heterocycles. The van der Waals surface area contributed by atoms with Crippen molar-refractivity contribution in [2.24, 2.45) is 7.05 Å². The van der Waals surface area contributed by atoms with Gasteiger partial charge in [-0.05, 0) is 38.7 Å². The van der Waals surface area contributed by atoms with Crippen LogP contribution in [0.2, 0.25) is 0 Å². The van der Waals surface area contributed by atoms with Crippen molar-refractivity contribution >= 4 is 16.9 Å². The predicted octanol–water partition coefficient (Wildman–Crippen LogP) is 2.85. The molecule has 0 bridgehead atoms. The van der Waals surface area contributed by atoms with E-state index in [2.05, 4.69) is 16.1 Å². The highest BCUT2D eigenvalue weighted by atomic mass is 16.2. The van der Waals surface area contributed by atoms with E-state index >= 15 is 0 Å². The van der Waals surface area contributed by atoms with Gasteiger partial charge >= 0.3 is 0 Å². The van der Waals surface area contributed by atoms with Crippen molar-refractivity contribution in [1.29, 1.82) is 0 Å². The smallest absolute Gasteiger partial charge is 0.254 e. The van der Waals surface area contributed by atoms with E-state index in [4.69, 9.17) is 4.98 Å². The lowest BCUT2D eigenvalue weighted by atomic mass is 10.1. The van der Waals surface area contributed by atoms with Gasteiger partial charge < -0.3 is 4.90 Å². The largest absolute Gasteiger partial charge is 0.336 e. The van der Waals surface area contributed by atoms with Crippen molar-refractivity contribution in [3.05, 3.63) is 23.0 Å². The van der Waals surface area contributed by atoms with Gasteiger partial charge in [0.2, 0.25) is 0 Å². The molecular formula is C21H29N5O. The predicted molar refractivity (Wildman–Crippen MR) is 105 cm³/mol. The van der Waals surface area contributed by atoms with E-state index in [1.807, 2.05) is 23.6 Å². The highest BCUT2D eigenvalue weighted by molar-refractivity contribution is 6.06. The number of hydrogen-bond acceptors (Lipinski definition) is 4. The summed E-state index contributed by atoms with van der Waals surface area (Å²) in [7, 11) is 1.92. The first-order valence-electron chi connectivity index (χ1n) is 10.5. The van der Waals surface area contributed by atoms with Gasteiger partial charge in [-0.2, -0.15) is 5.10 Å². The molecule has 0 radical (unpaired) electrons. The second kappa shape index (κ2) is 6.59. The third-order valence-electron chi connectivity index (χ3n) is 6.66. The molecule has 5 rings (SSSR count). The summed E-state index contributed by atoms with van der Waals surface area (Å²) in [6.45, 7) is 5.66. The number of nitrogens with zero attached hydrogens (tertiary/aromatic N) is 5. The van der Waals surface area contributed by atoms with Crippen LogP contribution in [0.3, 0.4) is 0 Å². The van der Waals surface area contributed by atoms with Crippen molar-refractivity contribution < 1.29 is 4.79 Å². The van der Waals surface area contributed by atoms with Crippen LogP contribution in [-0.2, 0) is 7.05 Å². The Morgan fingerprint density at radius 3 is 2.44 bits per heavy atom. The highest BCUT2D eigenvalue weighted by Gasteiger charge is 2.32. The minimum absolute atomic E-state index is 0.159. The van der Waals surface area contributed by atoms with Crippen molar-refractivity contribution in [3.8, 4) is 0 Å². The Labute approximate surface area is 160 Å². The maximum atomic E-state index is 13.4. The van der Waals surface area contributed by atoms with Crippen LogP contribution in [-0.4, -0.2) is 62.7 Å². The van der Waals surface area contributed by atoms with Crippen molar-refractivity contribution in [1.82, 2.24) is 24.6 Å². The number of amides is 1. The molecule has 2 saturated carbocycles. The van der Waals surface area contributed by atoms with Crippen molar-refractivity contribution in [3.63, 3.8) is 0 Å². The number of fused-ring (bicyclic) bond motifs is 1. The van der Waals surface area contributed by atoms with E-state index < -0.39 is 0 Å². The fraction of sp³-hybridized carbons (Fsp3) is 0.667. The van der Waals surface area contributed by atoms with Gasteiger partial charge in [0.15, 0.2) is 5.65 Å². The van der Waals surface area contributed by atoms with E-state index in [9.17, 15) is 4.79 Å². The molecule has 27 heavy (non-hydrogen) atoms. The first kappa shape index (κ1) is 17.2. The Kier molecular flexibility index (Phi) is 4.19. The molecule has 3 heterocycles. The van der Waals surface area contributed by atoms with Gasteiger partial charge in [-0.3, -0.25) is 14.4 Å². The van der Waals surface area contributed by atoms with Gasteiger partial charge in [-0.25, -0.2) is 4.98 Å². The Hall–Kier alpha value is -1.95. The lowest BCUT2D eigenvalue weighted by Crippen LogP contribution is -2.51. The molecule has 1 saturated heterocycles. The molecule has 0 N–H and O–H groups in total. The maximum Gasteiger partial charge on any atom is 0.254 e. The molecule has 1 aliphatic heterocycles. The standard InChI is InChI=1S/C21H29N5O/c1-14-19-17(13-18(15-7-8-15)22-20(19)24(2)23-14)21(27)26-11-9-25(10-12-26)16-5-3-4-6-16/h13,15-16H,3-12H2,1-2H3. The maximum absolute atomic E-state index is 13.4. The normalized spacial score (nSPS) is 22.1. The molecule has 0 unspecified atom stereocenters. The summed E-state index contributed by atoms with van der Waals surface area (Å²) < 4.78 is 1.82. The fourth-order valence-corrected chi connectivity index (χ4v) is 4.95. The van der Waals surface area contributed by atoms with Gasteiger partial charge in [0.05, 0.1) is 16.6 Å². The molecule has 3 aliphatic rings. The van der Waals surface area contributed by atoms with Crippen LogP contribution in [0.25, 0.3) is 11.0 Å². The molecule has 6 nitrogen and oxygen atoms in total. The first-order chi connectivity index (χ1) is 13.1. The molecular weight excluding hydrogens is 338 g/mol. The number of aryl methyl sites for hydroxylation is 2. The summed E-state index contributed by atoms with van der Waals surface area (Å²) in [6.07, 6.45) is 7.76. The summed E-state index contributed by atoms with van der Waals surface area (Å²) in [5, 5.41) is 5.47. The van der Waals surface area contributed by atoms with E-state index in [0.29, 0.717) is 5.92 Å². The van der Waals surface area contributed by atoms with E-state index in [-0.39, 0.29) is 5.91 Å². The lowest BCUT2D eigenvalue weighted by molar-refractivity contribution is 0.0575. The molecule has 0 spiro atoms. The molecule has 2 aliphatic carbocycles. The topological polar surface area (TPSA) is 54.3 Å². The molecule has 144 valence electrons. The van der Waals surface area contributed by atoms with Crippen LogP contribution in [0, 0.1) is 6.92 Å². The second-order valence-electron chi connectivity index (χ2n) is 8.54. The molecule has 2 aromatic rings. The molecule has 3 fully saturated rings. The fourth-order valence-electron chi connectivity index (χ4n) is 4.95. The minimum Gasteiger partial charge on any atom is -0.336 e. The number of hydrogen-bond donors (Lipinski definition) is 0. The second-order valence-corrected chi connectivity index (χ2v) is 8.54.